The number of hydrogen-bond acceptors (Lipinski definition) is 4. The van der Waals surface area contributed by atoms with Crippen LogP contribution in [0.3, 0.4) is 0 Å². The summed E-state index contributed by atoms with van der Waals surface area (Å²) in [5.41, 5.74) is 2.23. The van der Waals surface area contributed by atoms with Crippen molar-refractivity contribution in [1.82, 2.24) is 10.5 Å². The van der Waals surface area contributed by atoms with Gasteiger partial charge in [-0.25, -0.2) is 0 Å². The van der Waals surface area contributed by atoms with Gasteiger partial charge in [0.2, 0.25) is 0 Å². The highest BCUT2D eigenvalue weighted by Gasteiger charge is 2.43. The Hall–Kier alpha value is -1.36. The summed E-state index contributed by atoms with van der Waals surface area (Å²) in [5.74, 6) is 2.53. The smallest absolute Gasteiger partial charge is 0.308 e. The lowest BCUT2D eigenvalue weighted by molar-refractivity contribution is -0.141. The first kappa shape index (κ1) is 20.4. The fourth-order valence-electron chi connectivity index (χ4n) is 5.09. The van der Waals surface area contributed by atoms with Crippen LogP contribution in [-0.2, 0) is 4.79 Å². The molecule has 4 atom stereocenters. The molecule has 0 radical (unpaired) electrons. The van der Waals surface area contributed by atoms with E-state index in [0.29, 0.717) is 24.9 Å². The number of nitrogens with zero attached hydrogens (tertiary/aromatic N) is 1. The minimum atomic E-state index is -0.723. The molecule has 0 amide bonds. The van der Waals surface area contributed by atoms with Crippen molar-refractivity contribution in [3.8, 4) is 0 Å². The van der Waals surface area contributed by atoms with Gasteiger partial charge in [0.05, 0.1) is 11.6 Å². The Morgan fingerprint density at radius 1 is 1.19 bits per heavy atom. The van der Waals surface area contributed by atoms with Gasteiger partial charge in [0.15, 0.2) is 0 Å². The van der Waals surface area contributed by atoms with Crippen molar-refractivity contribution in [2.75, 3.05) is 13.1 Å². The van der Waals surface area contributed by atoms with E-state index >= 15 is 0 Å². The monoisotopic (exact) mass is 376 g/mol. The van der Waals surface area contributed by atoms with Crippen molar-refractivity contribution >= 4 is 5.97 Å². The zero-order valence-corrected chi connectivity index (χ0v) is 17.3. The van der Waals surface area contributed by atoms with Crippen molar-refractivity contribution in [2.45, 2.75) is 84.0 Å². The summed E-state index contributed by atoms with van der Waals surface area (Å²) in [5, 5.41) is 17.2. The van der Waals surface area contributed by atoms with Gasteiger partial charge in [-0.2, -0.15) is 0 Å². The molecule has 27 heavy (non-hydrogen) atoms. The molecule has 1 aromatic rings. The van der Waals surface area contributed by atoms with Crippen LogP contribution in [0.4, 0.5) is 0 Å². The Labute approximate surface area is 163 Å². The van der Waals surface area contributed by atoms with Crippen LogP contribution in [0, 0.1) is 17.8 Å². The van der Waals surface area contributed by atoms with E-state index in [0.717, 1.165) is 23.3 Å². The summed E-state index contributed by atoms with van der Waals surface area (Å²) < 4.78 is 5.90. The Kier molecular flexibility index (Phi) is 6.61. The van der Waals surface area contributed by atoms with E-state index < -0.39 is 5.97 Å². The molecule has 4 rings (SSSR count). The third-order valence-corrected chi connectivity index (χ3v) is 6.37. The van der Waals surface area contributed by atoms with Crippen LogP contribution in [0.2, 0.25) is 0 Å². The van der Waals surface area contributed by atoms with Gasteiger partial charge < -0.3 is 14.9 Å². The summed E-state index contributed by atoms with van der Waals surface area (Å²) in [6.07, 6.45) is 7.37. The van der Waals surface area contributed by atoms with Crippen molar-refractivity contribution in [3.63, 3.8) is 0 Å². The van der Waals surface area contributed by atoms with E-state index in [-0.39, 0.29) is 11.8 Å². The number of nitrogens with one attached hydrogen (secondary N) is 1. The van der Waals surface area contributed by atoms with Gasteiger partial charge in [-0.1, -0.05) is 32.9 Å². The molecular formula is C22H36N2O3. The molecule has 0 aromatic carbocycles. The van der Waals surface area contributed by atoms with E-state index in [1.54, 1.807) is 0 Å². The molecular weight excluding hydrogens is 340 g/mol. The quantitative estimate of drug-likeness (QED) is 0.739. The predicted octanol–water partition coefficient (Wildman–Crippen LogP) is 4.90. The highest BCUT2D eigenvalue weighted by molar-refractivity contribution is 5.72. The van der Waals surface area contributed by atoms with Gasteiger partial charge in [0, 0.05) is 30.5 Å². The third kappa shape index (κ3) is 4.39. The van der Waals surface area contributed by atoms with E-state index in [4.69, 9.17) is 4.52 Å². The summed E-state index contributed by atoms with van der Waals surface area (Å²) in [7, 11) is 0. The number of aromatic nitrogens is 1. The fraction of sp³-hybridized carbons (Fsp3) is 0.818. The average molecular weight is 377 g/mol. The van der Waals surface area contributed by atoms with Crippen LogP contribution < -0.4 is 5.32 Å². The maximum Gasteiger partial charge on any atom is 0.308 e. The van der Waals surface area contributed by atoms with E-state index in [2.05, 4.69) is 24.3 Å². The van der Waals surface area contributed by atoms with Gasteiger partial charge in [-0.05, 0) is 56.3 Å². The normalized spacial score (nSPS) is 30.4. The number of hydrogen-bond donors (Lipinski definition) is 2. The maximum atomic E-state index is 11.6. The third-order valence-electron chi connectivity index (χ3n) is 6.37. The summed E-state index contributed by atoms with van der Waals surface area (Å²) >= 11 is 0. The molecule has 0 spiro atoms. The number of carbonyl (C=O) groups is 1. The summed E-state index contributed by atoms with van der Waals surface area (Å²) in [4.78, 5) is 11.6. The Bertz CT molecular complexity index is 636. The van der Waals surface area contributed by atoms with E-state index in [1.807, 2.05) is 13.8 Å². The van der Waals surface area contributed by atoms with Crippen molar-refractivity contribution in [1.29, 1.82) is 0 Å². The molecule has 3 unspecified atom stereocenters. The standard InChI is InChI=1S/C20H30N2O3.C2H6/c1-11(2)7-12-3-4-14(8-12)19-17(13-5-6-13)18(22-25-19)15-9-21-10-16(15)20(23)24;1-2/h11-16,21H,3-10H2,1-2H3,(H,23,24);1-2H3/t12?,14?,15-,16?;/m0./s1. The van der Waals surface area contributed by atoms with Crippen molar-refractivity contribution < 1.29 is 14.4 Å². The maximum absolute atomic E-state index is 11.6. The second-order valence-electron chi connectivity index (χ2n) is 8.84. The summed E-state index contributed by atoms with van der Waals surface area (Å²) in [6.45, 7) is 9.83. The molecule has 3 fully saturated rings. The Morgan fingerprint density at radius 3 is 2.52 bits per heavy atom. The lowest BCUT2D eigenvalue weighted by atomic mass is 9.86. The van der Waals surface area contributed by atoms with E-state index in [1.165, 1.54) is 44.1 Å². The number of rotatable bonds is 6. The van der Waals surface area contributed by atoms with Gasteiger partial charge >= 0.3 is 5.97 Å². The highest BCUT2D eigenvalue weighted by Crippen LogP contribution is 2.51. The molecule has 152 valence electrons. The molecule has 2 aliphatic carbocycles. The molecule has 1 aromatic heterocycles. The first-order valence-corrected chi connectivity index (χ1v) is 11.0. The predicted molar refractivity (Wildman–Crippen MR) is 106 cm³/mol. The Morgan fingerprint density at radius 2 is 1.89 bits per heavy atom. The molecule has 2 saturated carbocycles. The average Bonchev–Trinajstić information content (AvgIpc) is 3.04. The molecule has 3 aliphatic rings. The van der Waals surface area contributed by atoms with Crippen LogP contribution in [-0.4, -0.2) is 29.3 Å². The zero-order valence-electron chi connectivity index (χ0n) is 17.3. The number of carboxylic acid groups (broad SMARTS) is 1. The summed E-state index contributed by atoms with van der Waals surface area (Å²) in [6, 6.07) is 0. The molecule has 1 aliphatic heterocycles. The van der Waals surface area contributed by atoms with Crippen molar-refractivity contribution in [3.05, 3.63) is 17.0 Å². The molecule has 2 heterocycles. The highest BCUT2D eigenvalue weighted by atomic mass is 16.5. The molecule has 5 nitrogen and oxygen atoms in total. The van der Waals surface area contributed by atoms with E-state index in [9.17, 15) is 9.90 Å². The minimum Gasteiger partial charge on any atom is -0.481 e. The molecule has 5 heteroatoms. The Balaban J connectivity index is 0.00000102. The van der Waals surface area contributed by atoms with Crippen LogP contribution in [0.5, 0.6) is 0 Å². The van der Waals surface area contributed by atoms with Gasteiger partial charge in [0.25, 0.3) is 0 Å². The SMILES string of the molecule is CC.CC(C)CC1CCC(c2onc([C@H]3CNCC3C(=O)O)c2C2CC2)C1. The first-order valence-electron chi connectivity index (χ1n) is 11.0. The second kappa shape index (κ2) is 8.76. The number of aliphatic carboxylic acids is 1. The van der Waals surface area contributed by atoms with Crippen LogP contribution in [0.15, 0.2) is 4.52 Å². The molecule has 0 bridgehead atoms. The van der Waals surface area contributed by atoms with Crippen LogP contribution in [0.1, 0.15) is 101 Å². The molecule has 1 saturated heterocycles. The zero-order chi connectivity index (χ0) is 19.6. The molecule has 2 N–H and O–H groups in total. The van der Waals surface area contributed by atoms with Gasteiger partial charge in [-0.3, -0.25) is 4.79 Å². The fourth-order valence-corrected chi connectivity index (χ4v) is 5.09. The second-order valence-corrected chi connectivity index (χ2v) is 8.84. The van der Waals surface area contributed by atoms with Gasteiger partial charge in [0.1, 0.15) is 5.76 Å². The lowest BCUT2D eigenvalue weighted by Crippen LogP contribution is -2.22. The van der Waals surface area contributed by atoms with Crippen LogP contribution in [0.25, 0.3) is 0 Å². The van der Waals surface area contributed by atoms with Crippen LogP contribution >= 0.6 is 0 Å². The lowest BCUT2D eigenvalue weighted by Gasteiger charge is -2.15. The first-order chi connectivity index (χ1) is 13.0. The topological polar surface area (TPSA) is 75.4 Å². The van der Waals surface area contributed by atoms with Gasteiger partial charge in [-0.15, -0.1) is 0 Å². The largest absolute Gasteiger partial charge is 0.481 e. The minimum absolute atomic E-state index is 0.0431. The van der Waals surface area contributed by atoms with Crippen molar-refractivity contribution in [2.24, 2.45) is 17.8 Å². The number of carboxylic acids is 1.